The Morgan fingerprint density at radius 3 is 2.62 bits per heavy atom. The van der Waals surface area contributed by atoms with Crippen molar-refractivity contribution >= 4 is 16.9 Å². The number of carboxylic acids is 1. The Morgan fingerprint density at radius 2 is 1.88 bits per heavy atom. The van der Waals surface area contributed by atoms with Crippen LogP contribution in [0.5, 0.6) is 0 Å². The van der Waals surface area contributed by atoms with Crippen molar-refractivity contribution in [1.29, 1.82) is 0 Å². The molecule has 32 heavy (non-hydrogen) atoms. The lowest BCUT2D eigenvalue weighted by Crippen LogP contribution is -2.35. The van der Waals surface area contributed by atoms with Crippen LogP contribution in [-0.4, -0.2) is 59.2 Å². The van der Waals surface area contributed by atoms with Gasteiger partial charge in [-0.3, -0.25) is 4.90 Å². The normalized spacial score (nSPS) is 17.3. The summed E-state index contributed by atoms with van der Waals surface area (Å²) in [6.07, 6.45) is 5.02. The van der Waals surface area contributed by atoms with Crippen molar-refractivity contribution in [2.75, 3.05) is 33.7 Å². The Hall–Kier alpha value is -2.63. The number of hydrogen-bond donors (Lipinski definition) is 1. The van der Waals surface area contributed by atoms with Gasteiger partial charge < -0.3 is 14.6 Å². The van der Waals surface area contributed by atoms with Crippen LogP contribution in [0.1, 0.15) is 53.1 Å². The van der Waals surface area contributed by atoms with Gasteiger partial charge in [0.05, 0.1) is 11.3 Å². The summed E-state index contributed by atoms with van der Waals surface area (Å²) < 4.78 is 2.43. The van der Waals surface area contributed by atoms with Crippen LogP contribution in [0.2, 0.25) is 0 Å². The molecule has 168 valence electrons. The Morgan fingerprint density at radius 1 is 1.09 bits per heavy atom. The summed E-state index contributed by atoms with van der Waals surface area (Å²) in [5.41, 5.74) is 6.91. The molecule has 5 rings (SSSR count). The molecule has 0 radical (unpaired) electrons. The Bertz CT molecular complexity index is 1140. The first kappa shape index (κ1) is 21.2. The molecule has 0 saturated heterocycles. The Kier molecular flexibility index (Phi) is 5.78. The molecule has 1 aromatic heterocycles. The zero-order valence-electron chi connectivity index (χ0n) is 19.2. The average molecular weight is 432 g/mol. The van der Waals surface area contributed by atoms with Gasteiger partial charge in [-0.2, -0.15) is 0 Å². The van der Waals surface area contributed by atoms with Crippen LogP contribution in [0.25, 0.3) is 22.2 Å². The molecule has 0 bridgehead atoms. The number of nitrogens with zero attached hydrogens (tertiary/aromatic N) is 3. The lowest BCUT2D eigenvalue weighted by molar-refractivity contribution is 0.0697. The maximum Gasteiger partial charge on any atom is 0.335 e. The topological polar surface area (TPSA) is 48.7 Å². The standard InChI is InChI=1S/C27H33N3O2/c1-28(2)13-14-29-15-16-30-24-17-20(27(31)32)11-12-23(24)25(19-7-3-4-8-19)26(30)22-10-6-5-9-21(22)18-29/h5-6,9-12,17,19H,3-4,7-8,13-16,18H2,1-2H3,(H,31,32). The van der Waals surface area contributed by atoms with Crippen molar-refractivity contribution in [2.45, 2.75) is 44.7 Å². The fourth-order valence-corrected chi connectivity index (χ4v) is 5.64. The van der Waals surface area contributed by atoms with E-state index in [2.05, 4.69) is 58.8 Å². The van der Waals surface area contributed by atoms with Gasteiger partial charge in [0.1, 0.15) is 0 Å². The predicted molar refractivity (Wildman–Crippen MR) is 129 cm³/mol. The van der Waals surface area contributed by atoms with Gasteiger partial charge in [-0.15, -0.1) is 0 Å². The molecule has 2 aliphatic rings. The van der Waals surface area contributed by atoms with Gasteiger partial charge >= 0.3 is 5.97 Å². The first-order valence-electron chi connectivity index (χ1n) is 11.9. The number of aromatic nitrogens is 1. The van der Waals surface area contributed by atoms with Gasteiger partial charge in [-0.05, 0) is 56.1 Å². The van der Waals surface area contributed by atoms with E-state index in [0.717, 1.165) is 38.2 Å². The molecular formula is C27H33N3O2. The summed E-state index contributed by atoms with van der Waals surface area (Å²) >= 11 is 0. The third-order valence-corrected chi connectivity index (χ3v) is 7.28. The minimum Gasteiger partial charge on any atom is -0.478 e. The van der Waals surface area contributed by atoms with Gasteiger partial charge in [-0.1, -0.05) is 43.2 Å². The van der Waals surface area contributed by atoms with E-state index < -0.39 is 5.97 Å². The molecule has 1 N–H and O–H groups in total. The monoisotopic (exact) mass is 431 g/mol. The van der Waals surface area contributed by atoms with Crippen LogP contribution in [0, 0.1) is 0 Å². The number of rotatable bonds is 5. The second kappa shape index (κ2) is 8.72. The number of likely N-dealkylation sites (N-methyl/N-ethyl adjacent to an activating group) is 1. The van der Waals surface area contributed by atoms with E-state index in [0.29, 0.717) is 11.5 Å². The molecule has 1 fully saturated rings. The van der Waals surface area contributed by atoms with Crippen LogP contribution < -0.4 is 0 Å². The van der Waals surface area contributed by atoms with Crippen molar-refractivity contribution in [3.05, 3.63) is 59.2 Å². The van der Waals surface area contributed by atoms with Gasteiger partial charge in [0.25, 0.3) is 0 Å². The fraction of sp³-hybridized carbons (Fsp3) is 0.444. The number of hydrogen-bond acceptors (Lipinski definition) is 3. The highest BCUT2D eigenvalue weighted by atomic mass is 16.4. The third-order valence-electron chi connectivity index (χ3n) is 7.28. The molecule has 2 heterocycles. The summed E-state index contributed by atoms with van der Waals surface area (Å²) in [6, 6.07) is 14.6. The van der Waals surface area contributed by atoms with Gasteiger partial charge in [-0.25, -0.2) is 4.79 Å². The van der Waals surface area contributed by atoms with Crippen molar-refractivity contribution < 1.29 is 9.90 Å². The van der Waals surface area contributed by atoms with Crippen molar-refractivity contribution in [2.24, 2.45) is 0 Å². The summed E-state index contributed by atoms with van der Waals surface area (Å²) in [6.45, 7) is 4.84. The van der Waals surface area contributed by atoms with Gasteiger partial charge in [0.2, 0.25) is 0 Å². The summed E-state index contributed by atoms with van der Waals surface area (Å²) in [4.78, 5) is 16.5. The summed E-state index contributed by atoms with van der Waals surface area (Å²) in [5.74, 6) is -0.300. The molecule has 1 aliphatic carbocycles. The van der Waals surface area contributed by atoms with E-state index in [9.17, 15) is 9.90 Å². The van der Waals surface area contributed by atoms with Crippen LogP contribution in [-0.2, 0) is 13.1 Å². The smallest absolute Gasteiger partial charge is 0.335 e. The van der Waals surface area contributed by atoms with Crippen molar-refractivity contribution in [1.82, 2.24) is 14.4 Å². The lowest BCUT2D eigenvalue weighted by atomic mass is 9.90. The van der Waals surface area contributed by atoms with E-state index in [1.807, 2.05) is 6.07 Å². The van der Waals surface area contributed by atoms with E-state index in [1.165, 1.54) is 53.5 Å². The minimum absolute atomic E-state index is 0.371. The number of fused-ring (bicyclic) bond motifs is 5. The third kappa shape index (κ3) is 3.84. The second-order valence-corrected chi connectivity index (χ2v) is 9.67. The number of carbonyl (C=O) groups is 1. The van der Waals surface area contributed by atoms with Crippen molar-refractivity contribution in [3.63, 3.8) is 0 Å². The van der Waals surface area contributed by atoms with E-state index >= 15 is 0 Å². The molecule has 3 aromatic rings. The summed E-state index contributed by atoms with van der Waals surface area (Å²) in [7, 11) is 4.24. The van der Waals surface area contributed by atoms with Crippen LogP contribution in [0.15, 0.2) is 42.5 Å². The molecule has 0 unspecified atom stereocenters. The Balaban J connectivity index is 1.72. The highest BCUT2D eigenvalue weighted by Crippen LogP contribution is 2.46. The molecule has 0 amide bonds. The average Bonchev–Trinajstić information content (AvgIpc) is 3.39. The molecule has 1 aliphatic heterocycles. The lowest BCUT2D eigenvalue weighted by Gasteiger charge is -2.29. The largest absolute Gasteiger partial charge is 0.478 e. The first-order chi connectivity index (χ1) is 15.5. The molecule has 5 nitrogen and oxygen atoms in total. The zero-order chi connectivity index (χ0) is 22.2. The quantitative estimate of drug-likeness (QED) is 0.615. The van der Waals surface area contributed by atoms with Crippen LogP contribution >= 0.6 is 0 Å². The first-order valence-corrected chi connectivity index (χ1v) is 11.9. The number of carboxylic acid groups (broad SMARTS) is 1. The molecule has 1 saturated carbocycles. The molecule has 5 heteroatoms. The SMILES string of the molecule is CN(C)CCN1CCn2c(c(C3CCCC3)c3ccc(C(=O)O)cc32)-c2ccccc2C1. The number of benzene rings is 2. The van der Waals surface area contributed by atoms with Gasteiger partial charge in [0, 0.05) is 49.2 Å². The Labute approximate surface area is 190 Å². The molecule has 0 spiro atoms. The molecular weight excluding hydrogens is 398 g/mol. The zero-order valence-corrected chi connectivity index (χ0v) is 19.2. The molecule has 2 aromatic carbocycles. The highest BCUT2D eigenvalue weighted by Gasteiger charge is 2.30. The second-order valence-electron chi connectivity index (χ2n) is 9.67. The van der Waals surface area contributed by atoms with Crippen molar-refractivity contribution in [3.8, 4) is 11.3 Å². The van der Waals surface area contributed by atoms with E-state index in [-0.39, 0.29) is 0 Å². The maximum atomic E-state index is 11.8. The van der Waals surface area contributed by atoms with E-state index in [1.54, 1.807) is 6.07 Å². The van der Waals surface area contributed by atoms with E-state index in [4.69, 9.17) is 0 Å². The minimum atomic E-state index is -0.858. The molecule has 0 atom stereocenters. The van der Waals surface area contributed by atoms with Gasteiger partial charge in [0.15, 0.2) is 0 Å². The van der Waals surface area contributed by atoms with Crippen LogP contribution in [0.3, 0.4) is 0 Å². The number of aromatic carboxylic acids is 1. The maximum absolute atomic E-state index is 11.8. The fourth-order valence-electron chi connectivity index (χ4n) is 5.64. The van der Waals surface area contributed by atoms with Crippen LogP contribution in [0.4, 0.5) is 0 Å². The summed E-state index contributed by atoms with van der Waals surface area (Å²) in [5, 5.41) is 10.9. The predicted octanol–water partition coefficient (Wildman–Crippen LogP) is 5.04. The highest BCUT2D eigenvalue weighted by molar-refractivity contribution is 5.98.